The molecule has 0 amide bonds. The fourth-order valence-corrected chi connectivity index (χ4v) is 7.31. The number of benzene rings is 7. The summed E-state index contributed by atoms with van der Waals surface area (Å²) in [6, 6.07) is 52.6. The Morgan fingerprint density at radius 2 is 1.10 bits per heavy atom. The molecule has 2 aromatic heterocycles. The molecular formula is C43H29N3O2. The first-order chi connectivity index (χ1) is 23.8. The number of aliphatic imine (C=N–C) groups is 1. The lowest BCUT2D eigenvalue weighted by molar-refractivity contribution is 0.409. The Labute approximate surface area is 276 Å². The maximum Gasteiger partial charge on any atom is 0.143 e. The van der Waals surface area contributed by atoms with Gasteiger partial charge >= 0.3 is 0 Å². The molecule has 2 N–H and O–H groups in total. The highest BCUT2D eigenvalue weighted by atomic mass is 16.3. The van der Waals surface area contributed by atoms with E-state index in [-0.39, 0.29) is 12.3 Å². The summed E-state index contributed by atoms with van der Waals surface area (Å²) in [5.74, 6) is 0.824. The molecule has 5 heteroatoms. The van der Waals surface area contributed by atoms with Crippen molar-refractivity contribution in [3.63, 3.8) is 0 Å². The Balaban J connectivity index is 1.17. The lowest BCUT2D eigenvalue weighted by Gasteiger charge is -2.32. The van der Waals surface area contributed by atoms with Gasteiger partial charge < -0.3 is 14.2 Å². The van der Waals surface area contributed by atoms with Crippen LogP contribution in [0.5, 0.6) is 0 Å². The van der Waals surface area contributed by atoms with Crippen LogP contribution in [0.1, 0.15) is 29.0 Å². The van der Waals surface area contributed by atoms with Crippen LogP contribution in [0.2, 0.25) is 0 Å². The van der Waals surface area contributed by atoms with Crippen LogP contribution >= 0.6 is 0 Å². The zero-order valence-corrected chi connectivity index (χ0v) is 25.9. The van der Waals surface area contributed by atoms with E-state index < -0.39 is 0 Å². The van der Waals surface area contributed by atoms with E-state index in [2.05, 4.69) is 138 Å². The minimum atomic E-state index is -0.223. The van der Waals surface area contributed by atoms with Crippen LogP contribution in [0.25, 0.3) is 65.8 Å². The molecule has 2 atom stereocenters. The van der Waals surface area contributed by atoms with E-state index in [0.717, 1.165) is 82.9 Å². The maximum absolute atomic E-state index is 6.77. The molecule has 0 saturated heterocycles. The highest BCUT2D eigenvalue weighted by molar-refractivity contribution is 6.22. The van der Waals surface area contributed by atoms with Crippen molar-refractivity contribution < 1.29 is 8.83 Å². The Morgan fingerprint density at radius 1 is 0.479 bits per heavy atom. The largest absolute Gasteiger partial charge is 0.456 e. The third-order valence-corrected chi connectivity index (χ3v) is 9.54. The number of nitrogens with one attached hydrogen (secondary N) is 2. The van der Waals surface area contributed by atoms with Gasteiger partial charge in [0.05, 0.1) is 0 Å². The van der Waals surface area contributed by atoms with Gasteiger partial charge in [0, 0.05) is 32.7 Å². The number of fused-ring (bicyclic) bond motifs is 7. The van der Waals surface area contributed by atoms with E-state index in [9.17, 15) is 0 Å². The Bertz CT molecular complexity index is 2690. The summed E-state index contributed by atoms with van der Waals surface area (Å²) in [4.78, 5) is 5.25. The van der Waals surface area contributed by atoms with Gasteiger partial charge in [-0.25, -0.2) is 4.99 Å². The number of hydrogen-bond donors (Lipinski definition) is 2. The highest BCUT2D eigenvalue weighted by Gasteiger charge is 2.27. The third kappa shape index (κ3) is 4.25. The Hall–Kier alpha value is -6.17. The van der Waals surface area contributed by atoms with E-state index in [1.807, 2.05) is 24.3 Å². The molecule has 1 aliphatic heterocycles. The SMILES string of the molecule is c1ccc(C2N=C(c3cccc4oc5c(-c6cccc7oc8cc9ccccc9cc8c67)cccc5c34)NC(c3ccccc3)N2)cc1. The molecule has 5 nitrogen and oxygen atoms in total. The van der Waals surface area contributed by atoms with E-state index in [0.29, 0.717) is 0 Å². The van der Waals surface area contributed by atoms with Crippen LogP contribution < -0.4 is 10.6 Å². The fourth-order valence-electron chi connectivity index (χ4n) is 7.31. The fraction of sp³-hybridized carbons (Fsp3) is 0.0465. The monoisotopic (exact) mass is 619 g/mol. The van der Waals surface area contributed by atoms with Crippen LogP contribution in [0.4, 0.5) is 0 Å². The number of hydrogen-bond acceptors (Lipinski definition) is 5. The zero-order chi connectivity index (χ0) is 31.6. The van der Waals surface area contributed by atoms with Gasteiger partial charge in [-0.2, -0.15) is 0 Å². The van der Waals surface area contributed by atoms with Crippen molar-refractivity contribution in [3.8, 4) is 11.1 Å². The summed E-state index contributed by atoms with van der Waals surface area (Å²) in [5, 5.41) is 14.0. The van der Waals surface area contributed by atoms with Crippen LogP contribution in [0, 0.1) is 0 Å². The Kier molecular flexibility index (Phi) is 6.01. The number of amidine groups is 1. The average molecular weight is 620 g/mol. The van der Waals surface area contributed by atoms with Gasteiger partial charge in [0.15, 0.2) is 0 Å². The van der Waals surface area contributed by atoms with Crippen LogP contribution in [0.3, 0.4) is 0 Å². The van der Waals surface area contributed by atoms with Gasteiger partial charge in [-0.05, 0) is 51.7 Å². The summed E-state index contributed by atoms with van der Waals surface area (Å²) < 4.78 is 13.2. The van der Waals surface area contributed by atoms with Crippen molar-refractivity contribution >= 4 is 60.5 Å². The van der Waals surface area contributed by atoms with Gasteiger partial charge in [0.25, 0.3) is 0 Å². The third-order valence-electron chi connectivity index (χ3n) is 9.54. The summed E-state index contributed by atoms with van der Waals surface area (Å²) >= 11 is 0. The van der Waals surface area contributed by atoms with E-state index in [1.165, 1.54) is 5.39 Å². The molecule has 0 bridgehead atoms. The number of nitrogens with zero attached hydrogens (tertiary/aromatic N) is 1. The van der Waals surface area contributed by atoms with Gasteiger partial charge in [0.2, 0.25) is 0 Å². The molecule has 0 fully saturated rings. The molecule has 0 spiro atoms. The van der Waals surface area contributed by atoms with E-state index in [1.54, 1.807) is 0 Å². The maximum atomic E-state index is 6.77. The predicted octanol–water partition coefficient (Wildman–Crippen LogP) is 10.6. The molecule has 7 aromatic carbocycles. The molecule has 1 aliphatic rings. The molecular weight excluding hydrogens is 590 g/mol. The second-order valence-electron chi connectivity index (χ2n) is 12.4. The summed E-state index contributed by atoms with van der Waals surface area (Å²) in [6.07, 6.45) is -0.351. The average Bonchev–Trinajstić information content (AvgIpc) is 3.72. The van der Waals surface area contributed by atoms with Crippen molar-refractivity contribution in [1.82, 2.24) is 10.6 Å². The molecule has 0 aliphatic carbocycles. The first kappa shape index (κ1) is 27.0. The quantitative estimate of drug-likeness (QED) is 0.206. The predicted molar refractivity (Wildman–Crippen MR) is 195 cm³/mol. The van der Waals surface area contributed by atoms with Crippen molar-refractivity contribution in [2.75, 3.05) is 0 Å². The second-order valence-corrected chi connectivity index (χ2v) is 12.4. The first-order valence-electron chi connectivity index (χ1n) is 16.3. The van der Waals surface area contributed by atoms with Crippen LogP contribution in [0.15, 0.2) is 165 Å². The smallest absolute Gasteiger partial charge is 0.143 e. The van der Waals surface area contributed by atoms with Gasteiger partial charge in [-0.1, -0.05) is 127 Å². The van der Waals surface area contributed by atoms with Crippen molar-refractivity contribution in [2.45, 2.75) is 12.3 Å². The van der Waals surface area contributed by atoms with Crippen LogP contribution in [-0.2, 0) is 0 Å². The van der Waals surface area contributed by atoms with E-state index >= 15 is 0 Å². The van der Waals surface area contributed by atoms with Crippen LogP contribution in [-0.4, -0.2) is 5.84 Å². The molecule has 0 radical (unpaired) electrons. The first-order valence-corrected chi connectivity index (χ1v) is 16.3. The number of para-hydroxylation sites is 1. The highest BCUT2D eigenvalue weighted by Crippen LogP contribution is 2.43. The minimum absolute atomic E-state index is 0.129. The van der Waals surface area contributed by atoms with Gasteiger partial charge in [0.1, 0.15) is 40.5 Å². The summed E-state index contributed by atoms with van der Waals surface area (Å²) in [7, 11) is 0. The zero-order valence-electron chi connectivity index (χ0n) is 25.9. The van der Waals surface area contributed by atoms with Gasteiger partial charge in [-0.15, -0.1) is 0 Å². The summed E-state index contributed by atoms with van der Waals surface area (Å²) in [6.45, 7) is 0. The molecule has 2 unspecified atom stereocenters. The standard InChI is InChI=1S/C43H29N3O2/c1-3-12-26(13-4-1)41-44-42(27-14-5-2-6-15-27)46-43(45-41)33-21-11-23-36-39(33)32-20-9-19-31(40(32)48-36)30-18-10-22-35-38(30)34-24-28-16-7-8-17-29(28)25-37(34)47-35/h1-25,41-42,44H,(H,45,46). The molecule has 48 heavy (non-hydrogen) atoms. The Morgan fingerprint density at radius 3 is 1.90 bits per heavy atom. The normalized spacial score (nSPS) is 16.5. The van der Waals surface area contributed by atoms with Crippen molar-refractivity contribution in [2.24, 2.45) is 4.99 Å². The minimum Gasteiger partial charge on any atom is -0.456 e. The summed E-state index contributed by atoms with van der Waals surface area (Å²) in [5.41, 5.74) is 8.77. The lowest BCUT2D eigenvalue weighted by Crippen LogP contribution is -2.45. The van der Waals surface area contributed by atoms with Gasteiger partial charge in [-0.3, -0.25) is 5.32 Å². The second kappa shape index (κ2) is 10.7. The van der Waals surface area contributed by atoms with Crippen molar-refractivity contribution in [1.29, 1.82) is 0 Å². The van der Waals surface area contributed by atoms with Crippen molar-refractivity contribution in [3.05, 3.63) is 168 Å². The molecule has 228 valence electrons. The molecule has 10 rings (SSSR count). The molecule has 0 saturated carbocycles. The van der Waals surface area contributed by atoms with E-state index in [4.69, 9.17) is 13.8 Å². The molecule has 9 aromatic rings. The topological polar surface area (TPSA) is 62.7 Å². The number of rotatable bonds is 4. The number of furan rings is 2. The lowest BCUT2D eigenvalue weighted by atomic mass is 9.96. The molecule has 3 heterocycles.